The number of benzene rings is 2. The summed E-state index contributed by atoms with van der Waals surface area (Å²) in [5.41, 5.74) is 1.83. The van der Waals surface area contributed by atoms with E-state index in [9.17, 15) is 27.6 Å². The average molecular weight is 420 g/mol. The van der Waals surface area contributed by atoms with Gasteiger partial charge < -0.3 is 10.6 Å². The lowest BCUT2D eigenvalue weighted by molar-refractivity contribution is -0.175. The third-order valence-corrected chi connectivity index (χ3v) is 4.55. The van der Waals surface area contributed by atoms with E-state index < -0.39 is 30.0 Å². The summed E-state index contributed by atoms with van der Waals surface area (Å²) >= 11 is 0. The largest absolute Gasteiger partial charge is 0.471 e. The summed E-state index contributed by atoms with van der Waals surface area (Å²) in [4.78, 5) is 36.8. The summed E-state index contributed by atoms with van der Waals surface area (Å²) in [6.45, 7) is 5.00. The fraction of sp³-hybridized carbons (Fsp3) is 0.318. The number of carbonyl (C=O) groups is 3. The molecule has 0 bridgehead atoms. The maximum atomic E-state index is 12.9. The third kappa shape index (κ3) is 5.68. The van der Waals surface area contributed by atoms with E-state index >= 15 is 0 Å². The molecule has 0 fully saturated rings. The molecule has 0 aromatic heterocycles. The van der Waals surface area contributed by atoms with Gasteiger partial charge in [0.05, 0.1) is 5.69 Å². The van der Waals surface area contributed by atoms with Crippen LogP contribution in [0.2, 0.25) is 0 Å². The first kappa shape index (κ1) is 23.1. The maximum Gasteiger partial charge on any atom is 0.471 e. The Labute approximate surface area is 172 Å². The van der Waals surface area contributed by atoms with Crippen molar-refractivity contribution in [2.45, 2.75) is 39.4 Å². The molecule has 2 aromatic carbocycles. The monoisotopic (exact) mass is 420 g/mol. The van der Waals surface area contributed by atoms with Gasteiger partial charge in [-0.1, -0.05) is 57.2 Å². The second kappa shape index (κ2) is 9.56. The van der Waals surface area contributed by atoms with Crippen LogP contribution in [-0.4, -0.2) is 29.8 Å². The number of halogens is 3. The first-order chi connectivity index (χ1) is 14.0. The van der Waals surface area contributed by atoms with Crippen molar-refractivity contribution in [3.63, 3.8) is 0 Å². The van der Waals surface area contributed by atoms with Gasteiger partial charge in [0.1, 0.15) is 6.04 Å². The summed E-state index contributed by atoms with van der Waals surface area (Å²) in [6.07, 6.45) is -4.28. The van der Waals surface area contributed by atoms with Crippen LogP contribution in [0.15, 0.2) is 48.5 Å². The van der Waals surface area contributed by atoms with Crippen molar-refractivity contribution < 1.29 is 27.6 Å². The molecular formula is C22H23F3N2O3. The van der Waals surface area contributed by atoms with Crippen LogP contribution < -0.4 is 10.6 Å². The van der Waals surface area contributed by atoms with E-state index in [1.54, 1.807) is 29.6 Å². The number of anilines is 1. The molecule has 8 heteroatoms. The Bertz CT molecular complexity index is 922. The molecular weight excluding hydrogens is 397 g/mol. The molecule has 2 rings (SSSR count). The highest BCUT2D eigenvalue weighted by molar-refractivity contribution is 6.14. The second-order valence-electron chi connectivity index (χ2n) is 7.11. The Balaban J connectivity index is 2.26. The summed E-state index contributed by atoms with van der Waals surface area (Å²) in [7, 11) is 0. The van der Waals surface area contributed by atoms with Crippen molar-refractivity contribution in [1.82, 2.24) is 5.32 Å². The molecule has 1 atom stereocenters. The van der Waals surface area contributed by atoms with Crippen molar-refractivity contribution in [1.29, 1.82) is 0 Å². The molecule has 5 nitrogen and oxygen atoms in total. The van der Waals surface area contributed by atoms with E-state index in [4.69, 9.17) is 0 Å². The Morgan fingerprint density at radius 2 is 1.57 bits per heavy atom. The van der Waals surface area contributed by atoms with E-state index in [1.807, 2.05) is 19.1 Å². The number of carbonyl (C=O) groups excluding carboxylic acids is 3. The highest BCUT2D eigenvalue weighted by atomic mass is 19.4. The predicted molar refractivity (Wildman–Crippen MR) is 107 cm³/mol. The Morgan fingerprint density at radius 3 is 2.10 bits per heavy atom. The summed E-state index contributed by atoms with van der Waals surface area (Å²) in [5, 5.41) is 4.19. The normalized spacial score (nSPS) is 12.4. The second-order valence-corrected chi connectivity index (χ2v) is 7.11. The van der Waals surface area contributed by atoms with Crippen molar-refractivity contribution in [3.05, 3.63) is 65.2 Å². The Kier molecular flexibility index (Phi) is 7.37. The number of hydrogen-bond donors (Lipinski definition) is 2. The maximum absolute atomic E-state index is 12.9. The zero-order valence-corrected chi connectivity index (χ0v) is 16.8. The topological polar surface area (TPSA) is 75.3 Å². The summed E-state index contributed by atoms with van der Waals surface area (Å²) in [5.74, 6) is -3.99. The van der Waals surface area contributed by atoms with Gasteiger partial charge in [-0.15, -0.1) is 0 Å². The molecule has 30 heavy (non-hydrogen) atoms. The van der Waals surface area contributed by atoms with Gasteiger partial charge in [-0.25, -0.2) is 0 Å². The molecule has 0 aliphatic heterocycles. The van der Waals surface area contributed by atoms with E-state index in [1.165, 1.54) is 26.0 Å². The quantitative estimate of drug-likeness (QED) is 0.662. The molecule has 160 valence electrons. The van der Waals surface area contributed by atoms with Gasteiger partial charge in [0.25, 0.3) is 0 Å². The Morgan fingerprint density at radius 1 is 0.967 bits per heavy atom. The fourth-order valence-electron chi connectivity index (χ4n) is 2.81. The molecule has 0 saturated heterocycles. The molecule has 0 saturated carbocycles. The number of amides is 2. The predicted octanol–water partition coefficient (Wildman–Crippen LogP) is 4.12. The van der Waals surface area contributed by atoms with Gasteiger partial charge in [0.2, 0.25) is 5.91 Å². The van der Waals surface area contributed by atoms with Gasteiger partial charge >= 0.3 is 12.1 Å². The van der Waals surface area contributed by atoms with Gasteiger partial charge in [0.15, 0.2) is 5.78 Å². The first-order valence-corrected chi connectivity index (χ1v) is 9.45. The van der Waals surface area contributed by atoms with Crippen LogP contribution in [-0.2, 0) is 16.0 Å². The lowest BCUT2D eigenvalue weighted by atomic mass is 9.99. The number of aryl methyl sites for hydroxylation is 1. The first-order valence-electron chi connectivity index (χ1n) is 9.45. The number of alkyl halides is 3. The van der Waals surface area contributed by atoms with E-state index in [2.05, 4.69) is 5.32 Å². The van der Waals surface area contributed by atoms with Crippen LogP contribution in [0.5, 0.6) is 0 Å². The van der Waals surface area contributed by atoms with Crippen molar-refractivity contribution in [2.24, 2.45) is 5.92 Å². The highest BCUT2D eigenvalue weighted by Crippen LogP contribution is 2.21. The van der Waals surface area contributed by atoms with Crippen LogP contribution in [0.1, 0.15) is 42.3 Å². The van der Waals surface area contributed by atoms with Gasteiger partial charge in [-0.3, -0.25) is 14.4 Å². The van der Waals surface area contributed by atoms with Crippen LogP contribution in [0.25, 0.3) is 0 Å². The van der Waals surface area contributed by atoms with Gasteiger partial charge in [0, 0.05) is 11.1 Å². The third-order valence-electron chi connectivity index (χ3n) is 4.55. The number of nitrogens with one attached hydrogen (secondary N) is 2. The standard InChI is InChI=1S/C22H23F3N2O3/c1-4-14-9-11-15(12-10-14)19(28)16-7-5-6-8-17(16)26-20(29)18(13(2)3)27-21(30)22(23,24)25/h5-13,18H,4H2,1-3H3,(H,26,29)(H,27,30). The Hall–Kier alpha value is -3.16. The molecule has 0 radical (unpaired) electrons. The molecule has 2 N–H and O–H groups in total. The number of para-hydroxylation sites is 1. The summed E-state index contributed by atoms with van der Waals surface area (Å²) < 4.78 is 37.8. The number of rotatable bonds is 7. The minimum absolute atomic E-state index is 0.152. The lowest BCUT2D eigenvalue weighted by Crippen LogP contribution is -2.51. The van der Waals surface area contributed by atoms with E-state index in [0.717, 1.165) is 12.0 Å². The minimum atomic E-state index is -5.11. The SMILES string of the molecule is CCc1ccc(C(=O)c2ccccc2NC(=O)C(NC(=O)C(F)(F)F)C(C)C)cc1. The van der Waals surface area contributed by atoms with Gasteiger partial charge in [-0.05, 0) is 30.0 Å². The summed E-state index contributed by atoms with van der Waals surface area (Å²) in [6, 6.07) is 11.8. The fourth-order valence-corrected chi connectivity index (χ4v) is 2.81. The average Bonchev–Trinajstić information content (AvgIpc) is 2.70. The molecule has 2 aromatic rings. The van der Waals surface area contributed by atoms with Crippen LogP contribution >= 0.6 is 0 Å². The molecule has 0 spiro atoms. The van der Waals surface area contributed by atoms with Crippen LogP contribution in [0, 0.1) is 5.92 Å². The van der Waals surface area contributed by atoms with Crippen molar-refractivity contribution in [3.8, 4) is 0 Å². The zero-order chi connectivity index (χ0) is 22.5. The molecule has 2 amide bonds. The number of ketones is 1. The lowest BCUT2D eigenvalue weighted by Gasteiger charge is -2.23. The molecule has 0 aliphatic rings. The van der Waals surface area contributed by atoms with Crippen LogP contribution in [0.3, 0.4) is 0 Å². The van der Waals surface area contributed by atoms with Crippen LogP contribution in [0.4, 0.5) is 18.9 Å². The van der Waals surface area contributed by atoms with E-state index in [-0.39, 0.29) is 17.0 Å². The zero-order valence-electron chi connectivity index (χ0n) is 16.8. The number of hydrogen-bond acceptors (Lipinski definition) is 3. The molecule has 0 aliphatic carbocycles. The molecule has 1 unspecified atom stereocenters. The minimum Gasteiger partial charge on any atom is -0.336 e. The smallest absolute Gasteiger partial charge is 0.336 e. The van der Waals surface area contributed by atoms with Gasteiger partial charge in [-0.2, -0.15) is 13.2 Å². The van der Waals surface area contributed by atoms with Crippen molar-refractivity contribution in [2.75, 3.05) is 5.32 Å². The van der Waals surface area contributed by atoms with Crippen molar-refractivity contribution >= 4 is 23.3 Å². The van der Waals surface area contributed by atoms with E-state index in [0.29, 0.717) is 5.56 Å². The highest BCUT2D eigenvalue weighted by Gasteiger charge is 2.41. The molecule has 0 heterocycles.